The smallest absolute Gasteiger partial charge is 0.134 e. The van der Waals surface area contributed by atoms with Gasteiger partial charge in [0.1, 0.15) is 18.0 Å². The Balaban J connectivity index is 2.02. The average Bonchev–Trinajstić information content (AvgIpc) is 2.13. The molecule has 2 N–H and O–H groups in total. The topological polar surface area (TPSA) is 53.1 Å². The predicted octanol–water partition coefficient (Wildman–Crippen LogP) is 0.275. The fourth-order valence-electron chi connectivity index (χ4n) is 1.34. The van der Waals surface area contributed by atoms with Crippen LogP contribution in [0.2, 0.25) is 0 Å². The Labute approximate surface area is 83.5 Å². The summed E-state index contributed by atoms with van der Waals surface area (Å²) in [5, 5.41) is 6.16. The molecule has 0 radical (unpaired) electrons. The standard InChI is InChI=1S/C9H15N5/c1-10-6-11-8-5-9(13-7-12-8)14-3-2-4-14/h5,7,10H,2-4,6H2,1H3,(H,11,12,13). The van der Waals surface area contributed by atoms with Crippen molar-refractivity contribution in [2.45, 2.75) is 6.42 Å². The van der Waals surface area contributed by atoms with E-state index in [1.807, 2.05) is 13.1 Å². The first-order chi connectivity index (χ1) is 6.90. The maximum atomic E-state index is 4.22. The summed E-state index contributed by atoms with van der Waals surface area (Å²) in [6, 6.07) is 1.98. The van der Waals surface area contributed by atoms with Gasteiger partial charge in [-0.3, -0.25) is 0 Å². The molecule has 2 heterocycles. The lowest BCUT2D eigenvalue weighted by Gasteiger charge is -2.31. The van der Waals surface area contributed by atoms with Gasteiger partial charge < -0.3 is 15.5 Å². The molecule has 0 spiro atoms. The summed E-state index contributed by atoms with van der Waals surface area (Å²) < 4.78 is 0. The van der Waals surface area contributed by atoms with Gasteiger partial charge in [0, 0.05) is 19.2 Å². The van der Waals surface area contributed by atoms with Crippen molar-refractivity contribution in [1.29, 1.82) is 0 Å². The molecule has 1 aliphatic rings. The molecule has 1 aromatic heterocycles. The molecule has 1 fully saturated rings. The van der Waals surface area contributed by atoms with Crippen molar-refractivity contribution in [1.82, 2.24) is 15.3 Å². The van der Waals surface area contributed by atoms with Crippen LogP contribution in [0.1, 0.15) is 6.42 Å². The van der Waals surface area contributed by atoms with Crippen LogP contribution >= 0.6 is 0 Å². The van der Waals surface area contributed by atoms with Crippen LogP contribution in [0.15, 0.2) is 12.4 Å². The molecule has 5 heteroatoms. The normalized spacial score (nSPS) is 15.1. The molecule has 0 unspecified atom stereocenters. The van der Waals surface area contributed by atoms with E-state index in [-0.39, 0.29) is 0 Å². The van der Waals surface area contributed by atoms with Gasteiger partial charge in [0.05, 0.1) is 6.67 Å². The number of nitrogens with one attached hydrogen (secondary N) is 2. The number of nitrogens with zero attached hydrogens (tertiary/aromatic N) is 3. The summed E-state index contributed by atoms with van der Waals surface area (Å²) in [6.45, 7) is 2.95. The van der Waals surface area contributed by atoms with Gasteiger partial charge in [-0.15, -0.1) is 0 Å². The van der Waals surface area contributed by atoms with Crippen LogP contribution in [0.5, 0.6) is 0 Å². The maximum Gasteiger partial charge on any atom is 0.134 e. The lowest BCUT2D eigenvalue weighted by atomic mass is 10.2. The molecule has 2 rings (SSSR count). The zero-order chi connectivity index (χ0) is 9.80. The zero-order valence-corrected chi connectivity index (χ0v) is 8.32. The molecule has 0 aromatic carbocycles. The van der Waals surface area contributed by atoms with E-state index in [9.17, 15) is 0 Å². The molecule has 5 nitrogen and oxygen atoms in total. The van der Waals surface area contributed by atoms with Crippen LogP contribution in [0.25, 0.3) is 0 Å². The minimum absolute atomic E-state index is 0.719. The fourth-order valence-corrected chi connectivity index (χ4v) is 1.34. The second kappa shape index (κ2) is 4.23. The van der Waals surface area contributed by atoms with Gasteiger partial charge in [-0.05, 0) is 13.5 Å². The van der Waals surface area contributed by atoms with Crippen molar-refractivity contribution in [3.05, 3.63) is 12.4 Å². The second-order valence-corrected chi connectivity index (χ2v) is 3.31. The van der Waals surface area contributed by atoms with E-state index < -0.39 is 0 Å². The summed E-state index contributed by atoms with van der Waals surface area (Å²) in [5.41, 5.74) is 0. The number of rotatable bonds is 4. The lowest BCUT2D eigenvalue weighted by molar-refractivity contribution is 0.609. The van der Waals surface area contributed by atoms with Gasteiger partial charge in [0.25, 0.3) is 0 Å². The summed E-state index contributed by atoms with van der Waals surface area (Å²) in [7, 11) is 1.89. The molecule has 0 saturated carbocycles. The molecule has 1 aliphatic heterocycles. The molecule has 1 aromatic rings. The van der Waals surface area contributed by atoms with E-state index in [0.29, 0.717) is 0 Å². The molecule has 14 heavy (non-hydrogen) atoms. The molecular weight excluding hydrogens is 178 g/mol. The van der Waals surface area contributed by atoms with E-state index in [4.69, 9.17) is 0 Å². The molecule has 0 aliphatic carbocycles. The van der Waals surface area contributed by atoms with Crippen LogP contribution in [-0.2, 0) is 0 Å². The third-order valence-electron chi connectivity index (χ3n) is 2.28. The summed E-state index contributed by atoms with van der Waals surface area (Å²) in [4.78, 5) is 10.6. The van der Waals surface area contributed by atoms with Gasteiger partial charge in [-0.25, -0.2) is 9.97 Å². The van der Waals surface area contributed by atoms with E-state index in [2.05, 4.69) is 25.5 Å². The Morgan fingerprint density at radius 3 is 2.93 bits per heavy atom. The van der Waals surface area contributed by atoms with Crippen molar-refractivity contribution in [2.24, 2.45) is 0 Å². The van der Waals surface area contributed by atoms with Crippen molar-refractivity contribution in [2.75, 3.05) is 37.0 Å². The summed E-state index contributed by atoms with van der Waals surface area (Å²) in [5.74, 6) is 1.89. The van der Waals surface area contributed by atoms with Gasteiger partial charge in [-0.2, -0.15) is 0 Å². The number of hydrogen-bond donors (Lipinski definition) is 2. The number of hydrogen-bond acceptors (Lipinski definition) is 5. The molecular formula is C9H15N5. The second-order valence-electron chi connectivity index (χ2n) is 3.31. The maximum absolute atomic E-state index is 4.22. The van der Waals surface area contributed by atoms with Crippen LogP contribution in [0, 0.1) is 0 Å². The van der Waals surface area contributed by atoms with E-state index in [0.717, 1.165) is 31.4 Å². The highest BCUT2D eigenvalue weighted by atomic mass is 15.2. The Bertz CT molecular complexity index is 297. The first-order valence-electron chi connectivity index (χ1n) is 4.85. The average molecular weight is 193 g/mol. The Morgan fingerprint density at radius 1 is 1.43 bits per heavy atom. The highest BCUT2D eigenvalue weighted by Crippen LogP contribution is 2.18. The van der Waals surface area contributed by atoms with Gasteiger partial charge >= 0.3 is 0 Å². The lowest BCUT2D eigenvalue weighted by Crippen LogP contribution is -2.37. The highest BCUT2D eigenvalue weighted by Gasteiger charge is 2.15. The first kappa shape index (κ1) is 9.21. The van der Waals surface area contributed by atoms with Crippen molar-refractivity contribution >= 4 is 11.6 Å². The Kier molecular flexibility index (Phi) is 2.78. The van der Waals surface area contributed by atoms with E-state index >= 15 is 0 Å². The first-order valence-corrected chi connectivity index (χ1v) is 4.85. The SMILES string of the molecule is CNCNc1cc(N2CCC2)ncn1. The quantitative estimate of drug-likeness (QED) is 0.672. The van der Waals surface area contributed by atoms with Crippen molar-refractivity contribution < 1.29 is 0 Å². The van der Waals surface area contributed by atoms with Crippen LogP contribution in [-0.4, -0.2) is 36.8 Å². The Hall–Kier alpha value is -1.36. The Morgan fingerprint density at radius 2 is 2.29 bits per heavy atom. The number of aromatic nitrogens is 2. The number of anilines is 2. The largest absolute Gasteiger partial charge is 0.357 e. The van der Waals surface area contributed by atoms with Gasteiger partial charge in [0.2, 0.25) is 0 Å². The highest BCUT2D eigenvalue weighted by molar-refractivity contribution is 5.49. The molecule has 76 valence electrons. The fraction of sp³-hybridized carbons (Fsp3) is 0.556. The summed E-state index contributed by atoms with van der Waals surface area (Å²) in [6.07, 6.45) is 2.87. The summed E-state index contributed by atoms with van der Waals surface area (Å²) >= 11 is 0. The minimum atomic E-state index is 0.719. The van der Waals surface area contributed by atoms with Crippen molar-refractivity contribution in [3.63, 3.8) is 0 Å². The van der Waals surface area contributed by atoms with Crippen molar-refractivity contribution in [3.8, 4) is 0 Å². The molecule has 1 saturated heterocycles. The third-order valence-corrected chi connectivity index (χ3v) is 2.28. The molecule has 0 amide bonds. The molecule has 0 bridgehead atoms. The predicted molar refractivity (Wildman–Crippen MR) is 56.4 cm³/mol. The monoisotopic (exact) mass is 193 g/mol. The van der Waals surface area contributed by atoms with E-state index in [1.54, 1.807) is 6.33 Å². The van der Waals surface area contributed by atoms with Crippen LogP contribution in [0.4, 0.5) is 11.6 Å². The molecule has 0 atom stereocenters. The van der Waals surface area contributed by atoms with E-state index in [1.165, 1.54) is 6.42 Å². The third kappa shape index (κ3) is 1.93. The van der Waals surface area contributed by atoms with Crippen LogP contribution < -0.4 is 15.5 Å². The van der Waals surface area contributed by atoms with Gasteiger partial charge in [0.15, 0.2) is 0 Å². The zero-order valence-electron chi connectivity index (χ0n) is 8.32. The minimum Gasteiger partial charge on any atom is -0.357 e. The van der Waals surface area contributed by atoms with Crippen LogP contribution in [0.3, 0.4) is 0 Å². The van der Waals surface area contributed by atoms with Gasteiger partial charge in [-0.1, -0.05) is 0 Å².